The van der Waals surface area contributed by atoms with Crippen molar-refractivity contribution in [3.05, 3.63) is 52.1 Å². The summed E-state index contributed by atoms with van der Waals surface area (Å²) in [6.07, 6.45) is 2.14. The third kappa shape index (κ3) is 4.77. The van der Waals surface area contributed by atoms with Gasteiger partial charge in [-0.05, 0) is 72.8 Å². The molecular weight excluding hydrogens is 404 g/mol. The molecule has 1 aliphatic rings. The molecule has 1 aliphatic heterocycles. The Bertz CT molecular complexity index is 956. The van der Waals surface area contributed by atoms with Gasteiger partial charge in [0.15, 0.2) is 0 Å². The first-order valence-electron chi connectivity index (χ1n) is 10.2. The van der Waals surface area contributed by atoms with Crippen molar-refractivity contribution < 1.29 is 29.4 Å². The van der Waals surface area contributed by atoms with E-state index in [9.17, 15) is 24.8 Å². The van der Waals surface area contributed by atoms with Gasteiger partial charge in [0.1, 0.15) is 17.6 Å². The van der Waals surface area contributed by atoms with Crippen LogP contribution in [0, 0.1) is 16.0 Å². The summed E-state index contributed by atoms with van der Waals surface area (Å²) in [5.74, 6) is -0.310. The van der Waals surface area contributed by atoms with Crippen molar-refractivity contribution in [2.45, 2.75) is 31.2 Å². The molecule has 0 unspecified atom stereocenters. The topological polar surface area (TPSA) is 119 Å². The normalized spacial score (nSPS) is 17.1. The van der Waals surface area contributed by atoms with E-state index < -0.39 is 16.6 Å². The van der Waals surface area contributed by atoms with Gasteiger partial charge in [-0.15, -0.1) is 10.1 Å². The number of carboxylic acids is 1. The number of rotatable bonds is 10. The van der Waals surface area contributed by atoms with E-state index in [1.165, 1.54) is 0 Å². The van der Waals surface area contributed by atoms with Gasteiger partial charge < -0.3 is 19.5 Å². The van der Waals surface area contributed by atoms with Crippen LogP contribution in [0.25, 0.3) is 10.8 Å². The molecule has 9 heteroatoms. The van der Waals surface area contributed by atoms with Crippen molar-refractivity contribution in [1.29, 1.82) is 0 Å². The predicted octanol–water partition coefficient (Wildman–Crippen LogP) is 3.03. The molecule has 2 aromatic rings. The third-order valence-electron chi connectivity index (χ3n) is 6.07. The predicted molar refractivity (Wildman–Crippen MR) is 112 cm³/mol. The van der Waals surface area contributed by atoms with Crippen LogP contribution in [-0.2, 0) is 20.0 Å². The highest BCUT2D eigenvalue weighted by molar-refractivity contribution is 5.88. The maximum absolute atomic E-state index is 12.7. The van der Waals surface area contributed by atoms with Crippen molar-refractivity contribution in [1.82, 2.24) is 4.90 Å². The number of fused-ring (bicyclic) bond motifs is 1. The molecule has 1 heterocycles. The molecule has 1 atom stereocenters. The van der Waals surface area contributed by atoms with Gasteiger partial charge in [0.05, 0.1) is 13.7 Å². The molecule has 1 N–H and O–H groups in total. The molecule has 1 saturated heterocycles. The van der Waals surface area contributed by atoms with Gasteiger partial charge in [-0.2, -0.15) is 0 Å². The Hall–Kier alpha value is -3.20. The molecular formula is C22H26N2O7. The van der Waals surface area contributed by atoms with E-state index >= 15 is 0 Å². The maximum Gasteiger partial charge on any atom is 0.328 e. The number of carboxylic acid groups (broad SMARTS) is 1. The number of hydrogen-bond donors (Lipinski definition) is 1. The van der Waals surface area contributed by atoms with E-state index in [1.54, 1.807) is 13.2 Å². The van der Waals surface area contributed by atoms with E-state index in [0.29, 0.717) is 37.2 Å². The summed E-state index contributed by atoms with van der Waals surface area (Å²) in [7, 11) is 1.59. The number of carbonyl (C=O) groups is 2. The average molecular weight is 430 g/mol. The number of carbonyl (C=O) groups excluding carboxylic acids is 1. The zero-order valence-electron chi connectivity index (χ0n) is 17.4. The van der Waals surface area contributed by atoms with Crippen LogP contribution in [0.5, 0.6) is 5.75 Å². The fourth-order valence-corrected chi connectivity index (χ4v) is 4.37. The standard InChI is InChI=1S/C22H26N2O7/c1-30-20-6-4-17-13-19(5-3-18(17)14-20)22(21(26)27,9-2-12-25)23-10-7-16(8-11-23)15-31-24(28)29/h3-6,12-14,16H,2,7-11,15H2,1H3,(H,26,27)/t22-/m0/s1. The molecule has 2 aromatic carbocycles. The zero-order chi connectivity index (χ0) is 22.4. The number of aliphatic carboxylic acids is 1. The van der Waals surface area contributed by atoms with Gasteiger partial charge in [-0.3, -0.25) is 4.90 Å². The molecule has 0 aliphatic carbocycles. The van der Waals surface area contributed by atoms with Crippen LogP contribution in [0.1, 0.15) is 31.2 Å². The molecule has 0 radical (unpaired) electrons. The molecule has 0 bridgehead atoms. The lowest BCUT2D eigenvalue weighted by Crippen LogP contribution is -2.55. The first kappa shape index (κ1) is 22.5. The molecule has 3 rings (SSSR count). The van der Waals surface area contributed by atoms with Crippen LogP contribution >= 0.6 is 0 Å². The Morgan fingerprint density at radius 3 is 2.55 bits per heavy atom. The van der Waals surface area contributed by atoms with E-state index in [-0.39, 0.29) is 25.4 Å². The summed E-state index contributed by atoms with van der Waals surface area (Å²) in [6, 6.07) is 11.1. The molecule has 0 saturated carbocycles. The average Bonchev–Trinajstić information content (AvgIpc) is 2.78. The van der Waals surface area contributed by atoms with Crippen LogP contribution in [0.4, 0.5) is 0 Å². The first-order chi connectivity index (χ1) is 14.9. The Kier molecular flexibility index (Phi) is 7.06. The maximum atomic E-state index is 12.7. The Morgan fingerprint density at radius 1 is 1.26 bits per heavy atom. The summed E-state index contributed by atoms with van der Waals surface area (Å²) < 4.78 is 5.26. The van der Waals surface area contributed by atoms with Crippen LogP contribution < -0.4 is 4.74 Å². The third-order valence-corrected chi connectivity index (χ3v) is 6.07. The van der Waals surface area contributed by atoms with E-state index in [0.717, 1.165) is 17.1 Å². The van der Waals surface area contributed by atoms with E-state index in [4.69, 9.17) is 4.74 Å². The fraction of sp³-hybridized carbons (Fsp3) is 0.455. The Balaban J connectivity index is 1.94. The number of hydrogen-bond acceptors (Lipinski definition) is 7. The summed E-state index contributed by atoms with van der Waals surface area (Å²) in [6.45, 7) is 0.891. The van der Waals surface area contributed by atoms with E-state index in [2.05, 4.69) is 4.84 Å². The SMILES string of the molecule is COc1ccc2cc([C@@](CCC=O)(C(=O)O)N3CCC(CO[N+](=O)[O-])CC3)ccc2c1. The lowest BCUT2D eigenvalue weighted by Gasteiger charge is -2.44. The summed E-state index contributed by atoms with van der Waals surface area (Å²) in [4.78, 5) is 40.7. The van der Waals surface area contributed by atoms with Gasteiger partial charge in [0.25, 0.3) is 5.09 Å². The number of likely N-dealkylation sites (tertiary alicyclic amines) is 1. The highest BCUT2D eigenvalue weighted by Gasteiger charge is 2.46. The van der Waals surface area contributed by atoms with Gasteiger partial charge in [0, 0.05) is 6.42 Å². The zero-order valence-corrected chi connectivity index (χ0v) is 17.4. The lowest BCUT2D eigenvalue weighted by molar-refractivity contribution is -0.759. The van der Waals surface area contributed by atoms with Crippen LogP contribution in [0.3, 0.4) is 0 Å². The Labute approximate surface area is 179 Å². The minimum Gasteiger partial charge on any atom is -0.497 e. The molecule has 0 aromatic heterocycles. The molecule has 0 amide bonds. The number of methoxy groups -OCH3 is 1. The fourth-order valence-electron chi connectivity index (χ4n) is 4.37. The van der Waals surface area contributed by atoms with Crippen molar-refractivity contribution in [2.75, 3.05) is 26.8 Å². The molecule has 1 fully saturated rings. The first-order valence-corrected chi connectivity index (χ1v) is 10.2. The number of ether oxygens (including phenoxy) is 1. The van der Waals surface area contributed by atoms with Gasteiger partial charge in [-0.1, -0.05) is 18.2 Å². The molecule has 9 nitrogen and oxygen atoms in total. The molecule has 0 spiro atoms. The second-order valence-corrected chi connectivity index (χ2v) is 7.75. The van der Waals surface area contributed by atoms with Crippen LogP contribution in [0.15, 0.2) is 36.4 Å². The minimum absolute atomic E-state index is 0.00700. The Morgan fingerprint density at radius 2 is 1.94 bits per heavy atom. The van der Waals surface area contributed by atoms with Crippen molar-refractivity contribution in [3.8, 4) is 5.75 Å². The van der Waals surface area contributed by atoms with Crippen molar-refractivity contribution >= 4 is 23.0 Å². The second kappa shape index (κ2) is 9.74. The van der Waals surface area contributed by atoms with Gasteiger partial charge in [0.2, 0.25) is 0 Å². The van der Waals surface area contributed by atoms with Crippen molar-refractivity contribution in [2.24, 2.45) is 5.92 Å². The van der Waals surface area contributed by atoms with Gasteiger partial charge in [-0.25, -0.2) is 4.79 Å². The summed E-state index contributed by atoms with van der Waals surface area (Å²) >= 11 is 0. The highest BCUT2D eigenvalue weighted by atomic mass is 16.9. The number of aldehydes is 1. The highest BCUT2D eigenvalue weighted by Crippen LogP contribution is 2.38. The summed E-state index contributed by atoms with van der Waals surface area (Å²) in [5.41, 5.74) is -0.747. The lowest BCUT2D eigenvalue weighted by atomic mass is 9.80. The van der Waals surface area contributed by atoms with Crippen LogP contribution in [0.2, 0.25) is 0 Å². The van der Waals surface area contributed by atoms with Crippen molar-refractivity contribution in [3.63, 3.8) is 0 Å². The van der Waals surface area contributed by atoms with E-state index in [1.807, 2.05) is 35.2 Å². The van der Waals surface area contributed by atoms with Crippen LogP contribution in [-0.4, -0.2) is 54.2 Å². The van der Waals surface area contributed by atoms with Gasteiger partial charge >= 0.3 is 5.97 Å². The number of benzene rings is 2. The second-order valence-electron chi connectivity index (χ2n) is 7.75. The quantitative estimate of drug-likeness (QED) is 0.347. The largest absolute Gasteiger partial charge is 0.497 e. The minimum atomic E-state index is -1.36. The summed E-state index contributed by atoms with van der Waals surface area (Å²) in [5, 5.41) is 21.8. The molecule has 31 heavy (non-hydrogen) atoms. The number of nitrogens with zero attached hydrogens (tertiary/aromatic N) is 2. The smallest absolute Gasteiger partial charge is 0.328 e. The number of piperidine rings is 1. The monoisotopic (exact) mass is 430 g/mol. The molecule has 166 valence electrons.